The van der Waals surface area contributed by atoms with Gasteiger partial charge >= 0.3 is 0 Å². The molecule has 0 aliphatic heterocycles. The third-order valence-electron chi connectivity index (χ3n) is 2.31. The van der Waals surface area contributed by atoms with Crippen molar-refractivity contribution in [2.75, 3.05) is 19.5 Å². The summed E-state index contributed by atoms with van der Waals surface area (Å²) in [5.41, 5.74) is 0.572. The van der Waals surface area contributed by atoms with Crippen molar-refractivity contribution >= 4 is 5.82 Å². The smallest absolute Gasteiger partial charge is 0.218 e. The molecule has 0 radical (unpaired) electrons. The summed E-state index contributed by atoms with van der Waals surface area (Å²) in [5.74, 6) is 1.65. The van der Waals surface area contributed by atoms with E-state index in [1.807, 2.05) is 6.07 Å². The highest BCUT2D eigenvalue weighted by Crippen LogP contribution is 2.28. The van der Waals surface area contributed by atoms with Gasteiger partial charge < -0.3 is 15.2 Å². The maximum atomic E-state index is 9.75. The molecule has 0 spiro atoms. The molecular formula is C12H13N3O2. The Labute approximate surface area is 99.1 Å². The van der Waals surface area contributed by atoms with Crippen LogP contribution in [0.5, 0.6) is 11.6 Å². The Balaban J connectivity index is 2.55. The summed E-state index contributed by atoms with van der Waals surface area (Å²) in [6.07, 6.45) is 0. The first kappa shape index (κ1) is 11.2. The van der Waals surface area contributed by atoms with Gasteiger partial charge in [0.2, 0.25) is 5.88 Å². The standard InChI is InChI=1S/C12H13N3O2/c1-13-10-7-11(17-2)15-12(14-10)8-5-3-4-6-9(8)16/h3-7,16H,1-2H3,(H,13,14,15). The van der Waals surface area contributed by atoms with Gasteiger partial charge in [-0.1, -0.05) is 12.1 Å². The largest absolute Gasteiger partial charge is 0.507 e. The predicted molar refractivity (Wildman–Crippen MR) is 65.2 cm³/mol. The molecule has 1 heterocycles. The summed E-state index contributed by atoms with van der Waals surface area (Å²) in [5, 5.41) is 12.7. The second-order valence-electron chi connectivity index (χ2n) is 3.39. The van der Waals surface area contributed by atoms with E-state index in [4.69, 9.17) is 4.74 Å². The van der Waals surface area contributed by atoms with Gasteiger partial charge in [-0.05, 0) is 12.1 Å². The lowest BCUT2D eigenvalue weighted by Gasteiger charge is -2.07. The number of ether oxygens (including phenoxy) is 1. The second-order valence-corrected chi connectivity index (χ2v) is 3.39. The lowest BCUT2D eigenvalue weighted by Crippen LogP contribution is -1.99. The fourth-order valence-electron chi connectivity index (χ4n) is 1.44. The minimum absolute atomic E-state index is 0.141. The van der Waals surface area contributed by atoms with Gasteiger partial charge in [0.15, 0.2) is 5.82 Å². The van der Waals surface area contributed by atoms with Crippen molar-refractivity contribution in [3.05, 3.63) is 30.3 Å². The Morgan fingerprint density at radius 1 is 1.24 bits per heavy atom. The van der Waals surface area contributed by atoms with E-state index in [1.165, 1.54) is 7.11 Å². The second kappa shape index (κ2) is 4.69. The molecule has 5 nitrogen and oxygen atoms in total. The predicted octanol–water partition coefficient (Wildman–Crippen LogP) is 1.90. The Morgan fingerprint density at radius 2 is 2.00 bits per heavy atom. The van der Waals surface area contributed by atoms with E-state index in [0.717, 1.165) is 0 Å². The zero-order chi connectivity index (χ0) is 12.3. The highest BCUT2D eigenvalue weighted by Gasteiger charge is 2.09. The Bertz CT molecular complexity index is 507. The van der Waals surface area contributed by atoms with Crippen molar-refractivity contribution in [3.63, 3.8) is 0 Å². The van der Waals surface area contributed by atoms with Gasteiger partial charge in [-0.25, -0.2) is 4.98 Å². The van der Waals surface area contributed by atoms with Crippen molar-refractivity contribution in [2.45, 2.75) is 0 Å². The molecule has 5 heteroatoms. The molecule has 0 bridgehead atoms. The van der Waals surface area contributed by atoms with Crippen molar-refractivity contribution < 1.29 is 9.84 Å². The van der Waals surface area contributed by atoms with Crippen LogP contribution in [0.2, 0.25) is 0 Å². The molecule has 0 aliphatic rings. The van der Waals surface area contributed by atoms with E-state index in [2.05, 4.69) is 15.3 Å². The molecule has 17 heavy (non-hydrogen) atoms. The summed E-state index contributed by atoms with van der Waals surface area (Å²) < 4.78 is 5.09. The van der Waals surface area contributed by atoms with Crippen molar-refractivity contribution in [3.8, 4) is 23.0 Å². The average Bonchev–Trinajstić information content (AvgIpc) is 2.38. The summed E-state index contributed by atoms with van der Waals surface area (Å²) in [6, 6.07) is 8.60. The zero-order valence-corrected chi connectivity index (χ0v) is 9.64. The summed E-state index contributed by atoms with van der Waals surface area (Å²) >= 11 is 0. The molecule has 2 N–H and O–H groups in total. The van der Waals surface area contributed by atoms with E-state index >= 15 is 0 Å². The Hall–Kier alpha value is -2.30. The van der Waals surface area contributed by atoms with Crippen LogP contribution in [0.3, 0.4) is 0 Å². The van der Waals surface area contributed by atoms with E-state index in [9.17, 15) is 5.11 Å². The van der Waals surface area contributed by atoms with E-state index in [0.29, 0.717) is 23.1 Å². The van der Waals surface area contributed by atoms with Gasteiger partial charge in [-0.2, -0.15) is 4.98 Å². The van der Waals surface area contributed by atoms with Gasteiger partial charge in [0.25, 0.3) is 0 Å². The first-order valence-corrected chi connectivity index (χ1v) is 5.14. The van der Waals surface area contributed by atoms with Crippen LogP contribution in [0.25, 0.3) is 11.4 Å². The van der Waals surface area contributed by atoms with Crippen LogP contribution in [-0.2, 0) is 0 Å². The maximum Gasteiger partial charge on any atom is 0.218 e. The van der Waals surface area contributed by atoms with Crippen LogP contribution in [0.1, 0.15) is 0 Å². The van der Waals surface area contributed by atoms with Gasteiger partial charge in [0, 0.05) is 13.1 Å². The van der Waals surface area contributed by atoms with Crippen LogP contribution >= 0.6 is 0 Å². The van der Waals surface area contributed by atoms with Crippen LogP contribution in [-0.4, -0.2) is 29.2 Å². The Morgan fingerprint density at radius 3 is 2.65 bits per heavy atom. The third kappa shape index (κ3) is 2.28. The van der Waals surface area contributed by atoms with E-state index < -0.39 is 0 Å². The number of hydrogen-bond acceptors (Lipinski definition) is 5. The summed E-state index contributed by atoms with van der Waals surface area (Å²) in [4.78, 5) is 8.47. The van der Waals surface area contributed by atoms with Crippen LogP contribution in [0, 0.1) is 0 Å². The van der Waals surface area contributed by atoms with Gasteiger partial charge in [0.1, 0.15) is 11.6 Å². The first-order chi connectivity index (χ1) is 8.24. The topological polar surface area (TPSA) is 67.3 Å². The average molecular weight is 231 g/mol. The molecule has 1 aromatic carbocycles. The number of nitrogens with zero attached hydrogens (tertiary/aromatic N) is 2. The van der Waals surface area contributed by atoms with Crippen LogP contribution in [0.4, 0.5) is 5.82 Å². The fraction of sp³-hybridized carbons (Fsp3) is 0.167. The number of hydrogen-bond donors (Lipinski definition) is 2. The highest BCUT2D eigenvalue weighted by atomic mass is 16.5. The van der Waals surface area contributed by atoms with Crippen molar-refractivity contribution in [1.29, 1.82) is 0 Å². The molecule has 0 unspecified atom stereocenters. The Kier molecular flexibility index (Phi) is 3.09. The number of phenols is 1. The van der Waals surface area contributed by atoms with Crippen molar-refractivity contribution in [2.24, 2.45) is 0 Å². The molecule has 2 aromatic rings. The quantitative estimate of drug-likeness (QED) is 0.844. The van der Waals surface area contributed by atoms with Crippen molar-refractivity contribution in [1.82, 2.24) is 9.97 Å². The molecular weight excluding hydrogens is 218 g/mol. The number of anilines is 1. The molecule has 0 atom stereocenters. The summed E-state index contributed by atoms with van der Waals surface area (Å²) in [6.45, 7) is 0. The number of aromatic hydroxyl groups is 1. The summed E-state index contributed by atoms with van der Waals surface area (Å²) in [7, 11) is 3.30. The number of para-hydroxylation sites is 1. The first-order valence-electron chi connectivity index (χ1n) is 5.14. The monoisotopic (exact) mass is 231 g/mol. The number of aromatic nitrogens is 2. The number of rotatable bonds is 3. The molecule has 0 fully saturated rings. The molecule has 0 saturated carbocycles. The van der Waals surface area contributed by atoms with E-state index in [1.54, 1.807) is 31.3 Å². The minimum Gasteiger partial charge on any atom is -0.507 e. The minimum atomic E-state index is 0.141. The number of methoxy groups -OCH3 is 1. The molecule has 0 aliphatic carbocycles. The van der Waals surface area contributed by atoms with Gasteiger partial charge in [-0.15, -0.1) is 0 Å². The molecule has 2 rings (SSSR count). The van der Waals surface area contributed by atoms with Crippen LogP contribution < -0.4 is 10.1 Å². The van der Waals surface area contributed by atoms with Gasteiger partial charge in [0.05, 0.1) is 12.7 Å². The van der Waals surface area contributed by atoms with Gasteiger partial charge in [-0.3, -0.25) is 0 Å². The van der Waals surface area contributed by atoms with E-state index in [-0.39, 0.29) is 5.75 Å². The molecule has 1 aromatic heterocycles. The molecule has 0 saturated heterocycles. The van der Waals surface area contributed by atoms with Crippen LogP contribution in [0.15, 0.2) is 30.3 Å². The lowest BCUT2D eigenvalue weighted by atomic mass is 10.2. The lowest BCUT2D eigenvalue weighted by molar-refractivity contribution is 0.397. The normalized spacial score (nSPS) is 10.0. The third-order valence-corrected chi connectivity index (χ3v) is 2.31. The fourth-order valence-corrected chi connectivity index (χ4v) is 1.44. The number of phenolic OH excluding ortho intramolecular Hbond substituents is 1. The molecule has 0 amide bonds. The number of nitrogens with one attached hydrogen (secondary N) is 1. The molecule has 88 valence electrons. The highest BCUT2D eigenvalue weighted by molar-refractivity contribution is 5.65. The SMILES string of the molecule is CNc1cc(OC)nc(-c2ccccc2O)n1. The number of benzene rings is 1. The maximum absolute atomic E-state index is 9.75. The zero-order valence-electron chi connectivity index (χ0n) is 9.64.